The van der Waals surface area contributed by atoms with Gasteiger partial charge in [0.25, 0.3) is 0 Å². The lowest BCUT2D eigenvalue weighted by Crippen LogP contribution is -2.35. The van der Waals surface area contributed by atoms with Gasteiger partial charge in [-0.15, -0.1) is 0 Å². The SMILES string of the molecule is Fc1ccc(OCCc2ccncc2)c([B-](F)(F)F)c1. The maximum atomic E-state index is 12.9. The van der Waals surface area contributed by atoms with Gasteiger partial charge in [0, 0.05) is 18.8 Å². The number of nitrogens with zero attached hydrogens (tertiary/aromatic N) is 1. The molecular weight excluding hydrogens is 273 g/mol. The second-order valence-electron chi connectivity index (χ2n) is 4.21. The van der Waals surface area contributed by atoms with Gasteiger partial charge in [-0.25, -0.2) is 4.39 Å². The number of aromatic nitrogens is 1. The van der Waals surface area contributed by atoms with E-state index in [4.69, 9.17) is 4.74 Å². The van der Waals surface area contributed by atoms with E-state index in [0.29, 0.717) is 12.5 Å². The van der Waals surface area contributed by atoms with Crippen LogP contribution in [0.15, 0.2) is 42.7 Å². The van der Waals surface area contributed by atoms with Crippen LogP contribution in [0.1, 0.15) is 5.56 Å². The summed E-state index contributed by atoms with van der Waals surface area (Å²) < 4.78 is 56.4. The molecule has 0 saturated carbocycles. The van der Waals surface area contributed by atoms with Crippen molar-refractivity contribution in [1.82, 2.24) is 4.98 Å². The Morgan fingerprint density at radius 2 is 1.75 bits per heavy atom. The number of hydrogen-bond donors (Lipinski definition) is 0. The molecule has 20 heavy (non-hydrogen) atoms. The fourth-order valence-electron chi connectivity index (χ4n) is 1.73. The van der Waals surface area contributed by atoms with Crippen LogP contribution in [0.25, 0.3) is 0 Å². The summed E-state index contributed by atoms with van der Waals surface area (Å²) in [6.07, 6.45) is 3.64. The van der Waals surface area contributed by atoms with E-state index in [1.807, 2.05) is 0 Å². The summed E-state index contributed by atoms with van der Waals surface area (Å²) in [6, 6.07) is 5.92. The summed E-state index contributed by atoms with van der Waals surface area (Å²) in [5.41, 5.74) is -0.138. The van der Waals surface area contributed by atoms with Crippen LogP contribution in [0.2, 0.25) is 0 Å². The van der Waals surface area contributed by atoms with E-state index in [0.717, 1.165) is 17.7 Å². The predicted octanol–water partition coefficient (Wildman–Crippen LogP) is 2.90. The van der Waals surface area contributed by atoms with Gasteiger partial charge in [-0.2, -0.15) is 0 Å². The molecule has 0 spiro atoms. The van der Waals surface area contributed by atoms with Crippen LogP contribution in [-0.2, 0) is 6.42 Å². The molecule has 0 aliphatic carbocycles. The molecule has 2 rings (SSSR count). The van der Waals surface area contributed by atoms with Crippen LogP contribution in [0.4, 0.5) is 17.3 Å². The fraction of sp³-hybridized carbons (Fsp3) is 0.154. The first kappa shape index (κ1) is 14.4. The average Bonchev–Trinajstić information content (AvgIpc) is 2.40. The van der Waals surface area contributed by atoms with E-state index in [-0.39, 0.29) is 12.4 Å². The minimum atomic E-state index is -5.31. The quantitative estimate of drug-likeness (QED) is 0.622. The van der Waals surface area contributed by atoms with E-state index in [1.54, 1.807) is 24.5 Å². The Labute approximate surface area is 113 Å². The maximum absolute atomic E-state index is 12.9. The third kappa shape index (κ3) is 3.72. The Morgan fingerprint density at radius 3 is 2.40 bits per heavy atom. The van der Waals surface area contributed by atoms with E-state index < -0.39 is 18.3 Å². The highest BCUT2D eigenvalue weighted by atomic mass is 19.4. The van der Waals surface area contributed by atoms with Crippen molar-refractivity contribution in [1.29, 1.82) is 0 Å². The molecule has 1 heterocycles. The zero-order chi connectivity index (χ0) is 14.6. The third-order valence-electron chi connectivity index (χ3n) is 2.72. The van der Waals surface area contributed by atoms with E-state index in [9.17, 15) is 17.3 Å². The van der Waals surface area contributed by atoms with Crippen molar-refractivity contribution in [3.63, 3.8) is 0 Å². The van der Waals surface area contributed by atoms with Crippen molar-refractivity contribution in [2.75, 3.05) is 6.61 Å². The first-order valence-corrected chi connectivity index (χ1v) is 5.98. The first-order valence-electron chi connectivity index (χ1n) is 5.98. The third-order valence-corrected chi connectivity index (χ3v) is 2.72. The predicted molar refractivity (Wildman–Crippen MR) is 68.5 cm³/mol. The Kier molecular flexibility index (Phi) is 4.27. The standard InChI is InChI=1S/C13H11BF4NO/c15-11-1-2-13(12(9-11)14(16,17)18)20-8-5-10-3-6-19-7-4-10/h1-4,6-7,9H,5,8H2/q-1. The van der Waals surface area contributed by atoms with Crippen molar-refractivity contribution < 1.29 is 22.1 Å². The Morgan fingerprint density at radius 1 is 1.05 bits per heavy atom. The van der Waals surface area contributed by atoms with Crippen molar-refractivity contribution in [2.24, 2.45) is 0 Å². The van der Waals surface area contributed by atoms with Crippen molar-refractivity contribution in [2.45, 2.75) is 6.42 Å². The van der Waals surface area contributed by atoms with Gasteiger partial charge in [0.2, 0.25) is 0 Å². The van der Waals surface area contributed by atoms with Gasteiger partial charge >= 0.3 is 6.98 Å². The summed E-state index contributed by atoms with van der Waals surface area (Å²) in [5, 5.41) is 0. The lowest BCUT2D eigenvalue weighted by Gasteiger charge is -2.19. The van der Waals surface area contributed by atoms with Crippen LogP contribution in [0, 0.1) is 5.82 Å². The Bertz CT molecular complexity index is 574. The van der Waals surface area contributed by atoms with E-state index >= 15 is 0 Å². The molecule has 0 N–H and O–H groups in total. The van der Waals surface area contributed by atoms with Gasteiger partial charge in [-0.3, -0.25) is 4.98 Å². The highest BCUT2D eigenvalue weighted by Gasteiger charge is 2.29. The molecule has 0 aliphatic heterocycles. The summed E-state index contributed by atoms with van der Waals surface area (Å²) in [7, 11) is 0. The fourth-order valence-corrected chi connectivity index (χ4v) is 1.73. The molecule has 106 valence electrons. The number of benzene rings is 1. The number of rotatable bonds is 5. The van der Waals surface area contributed by atoms with Crippen molar-refractivity contribution in [3.8, 4) is 5.75 Å². The highest BCUT2D eigenvalue weighted by molar-refractivity contribution is 6.74. The van der Waals surface area contributed by atoms with E-state index in [2.05, 4.69) is 4.98 Å². The zero-order valence-electron chi connectivity index (χ0n) is 10.4. The maximum Gasteiger partial charge on any atom is 0.513 e. The minimum absolute atomic E-state index is 0.0782. The summed E-state index contributed by atoms with van der Waals surface area (Å²) in [4.78, 5) is 3.84. The topological polar surface area (TPSA) is 22.1 Å². The van der Waals surface area contributed by atoms with Gasteiger partial charge in [0.1, 0.15) is 5.82 Å². The molecule has 2 nitrogen and oxygen atoms in total. The van der Waals surface area contributed by atoms with Crippen LogP contribution >= 0.6 is 0 Å². The molecule has 0 amide bonds. The summed E-state index contributed by atoms with van der Waals surface area (Å²) >= 11 is 0. The molecule has 0 bridgehead atoms. The molecule has 0 fully saturated rings. The molecule has 0 saturated heterocycles. The number of pyridine rings is 1. The normalized spacial score (nSPS) is 11.4. The molecule has 1 aromatic heterocycles. The lowest BCUT2D eigenvalue weighted by atomic mass is 9.79. The van der Waals surface area contributed by atoms with Crippen LogP contribution < -0.4 is 10.2 Å². The molecule has 1 aromatic carbocycles. The van der Waals surface area contributed by atoms with Crippen molar-refractivity contribution >= 4 is 12.4 Å². The molecule has 0 radical (unpaired) electrons. The summed E-state index contributed by atoms with van der Waals surface area (Å²) in [5.74, 6) is -1.27. The second kappa shape index (κ2) is 5.94. The molecule has 0 aliphatic rings. The molecule has 7 heteroatoms. The Balaban J connectivity index is 2.06. The van der Waals surface area contributed by atoms with Crippen LogP contribution in [0.3, 0.4) is 0 Å². The molecule has 2 aromatic rings. The van der Waals surface area contributed by atoms with Crippen molar-refractivity contribution in [3.05, 3.63) is 54.1 Å². The van der Waals surface area contributed by atoms with Gasteiger partial charge in [0.15, 0.2) is 0 Å². The van der Waals surface area contributed by atoms with Gasteiger partial charge in [-0.1, -0.05) is 5.46 Å². The number of halogens is 4. The van der Waals surface area contributed by atoms with E-state index in [1.165, 1.54) is 0 Å². The monoisotopic (exact) mass is 284 g/mol. The van der Waals surface area contributed by atoms with Crippen LogP contribution in [-0.4, -0.2) is 18.6 Å². The van der Waals surface area contributed by atoms with Gasteiger partial charge in [0.05, 0.1) is 12.4 Å². The largest absolute Gasteiger partial charge is 0.513 e. The Hall–Kier alpha value is -2.05. The zero-order valence-corrected chi connectivity index (χ0v) is 10.4. The average molecular weight is 284 g/mol. The summed E-state index contributed by atoms with van der Waals surface area (Å²) in [6.45, 7) is -5.23. The number of ether oxygens (including phenoxy) is 1. The molecule has 0 unspecified atom stereocenters. The molecule has 0 atom stereocenters. The smallest absolute Gasteiger partial charge is 0.496 e. The van der Waals surface area contributed by atoms with Crippen LogP contribution in [0.5, 0.6) is 5.75 Å². The highest BCUT2D eigenvalue weighted by Crippen LogP contribution is 2.19. The number of hydrogen-bond acceptors (Lipinski definition) is 2. The molecular formula is C13H11BF4NO-. The first-order chi connectivity index (χ1) is 9.47. The van der Waals surface area contributed by atoms with Gasteiger partial charge in [-0.05, 0) is 35.9 Å². The second-order valence-corrected chi connectivity index (χ2v) is 4.21. The van der Waals surface area contributed by atoms with Gasteiger partial charge < -0.3 is 17.7 Å². The lowest BCUT2D eigenvalue weighted by molar-refractivity contribution is 0.322. The minimum Gasteiger partial charge on any atom is -0.496 e.